The Morgan fingerprint density at radius 1 is 1.24 bits per heavy atom. The van der Waals surface area contributed by atoms with E-state index in [0.717, 1.165) is 40.5 Å². The molecule has 21 heavy (non-hydrogen) atoms. The SMILES string of the molecule is CCc1cc(CC(CBr)(CBr)c2cccc(F)c2)n(C)n1. The summed E-state index contributed by atoms with van der Waals surface area (Å²) in [6, 6.07) is 9.00. The Morgan fingerprint density at radius 3 is 2.48 bits per heavy atom. The lowest BCUT2D eigenvalue weighted by atomic mass is 9.80. The van der Waals surface area contributed by atoms with E-state index in [1.165, 1.54) is 6.07 Å². The van der Waals surface area contributed by atoms with Crippen molar-refractivity contribution >= 4 is 31.9 Å². The highest BCUT2D eigenvalue weighted by Crippen LogP contribution is 2.33. The fraction of sp³-hybridized carbons (Fsp3) is 0.438. The predicted octanol–water partition coefficient (Wildman–Crippen LogP) is 4.39. The van der Waals surface area contributed by atoms with E-state index in [2.05, 4.69) is 49.9 Å². The molecule has 0 N–H and O–H groups in total. The first-order valence-electron chi connectivity index (χ1n) is 6.94. The van der Waals surface area contributed by atoms with Gasteiger partial charge in [-0.1, -0.05) is 50.9 Å². The van der Waals surface area contributed by atoms with Crippen molar-refractivity contribution in [2.24, 2.45) is 7.05 Å². The standard InChI is InChI=1S/C16H19Br2FN2/c1-3-14-8-15(21(2)20-14)9-16(10-17,11-18)12-5-4-6-13(19)7-12/h4-8H,3,9-11H2,1-2H3. The van der Waals surface area contributed by atoms with Gasteiger partial charge >= 0.3 is 0 Å². The van der Waals surface area contributed by atoms with Crippen LogP contribution < -0.4 is 0 Å². The number of rotatable bonds is 6. The molecule has 0 amide bonds. The highest BCUT2D eigenvalue weighted by molar-refractivity contribution is 9.09. The van der Waals surface area contributed by atoms with Crippen molar-refractivity contribution in [1.29, 1.82) is 0 Å². The molecule has 1 heterocycles. The van der Waals surface area contributed by atoms with Crippen molar-refractivity contribution in [2.45, 2.75) is 25.2 Å². The highest BCUT2D eigenvalue weighted by atomic mass is 79.9. The Hall–Kier alpha value is -0.680. The highest BCUT2D eigenvalue weighted by Gasteiger charge is 2.32. The molecule has 1 aromatic carbocycles. The van der Waals surface area contributed by atoms with Gasteiger partial charge in [0.2, 0.25) is 0 Å². The number of halogens is 3. The summed E-state index contributed by atoms with van der Waals surface area (Å²) in [5.41, 5.74) is 3.05. The monoisotopic (exact) mass is 416 g/mol. The summed E-state index contributed by atoms with van der Waals surface area (Å²) in [7, 11) is 1.97. The van der Waals surface area contributed by atoms with Crippen LogP contribution in [0.2, 0.25) is 0 Å². The molecule has 0 atom stereocenters. The van der Waals surface area contributed by atoms with Crippen molar-refractivity contribution in [3.05, 3.63) is 53.1 Å². The van der Waals surface area contributed by atoms with E-state index in [4.69, 9.17) is 0 Å². The molecule has 0 spiro atoms. The second-order valence-electron chi connectivity index (χ2n) is 5.34. The first-order chi connectivity index (χ1) is 10.0. The minimum atomic E-state index is -0.196. The van der Waals surface area contributed by atoms with Gasteiger partial charge in [-0.3, -0.25) is 4.68 Å². The molecule has 0 radical (unpaired) electrons. The summed E-state index contributed by atoms with van der Waals surface area (Å²) in [5, 5.41) is 6.01. The van der Waals surface area contributed by atoms with Gasteiger partial charge in [0.05, 0.1) is 5.69 Å². The van der Waals surface area contributed by atoms with E-state index in [-0.39, 0.29) is 11.2 Å². The Morgan fingerprint density at radius 2 is 1.95 bits per heavy atom. The van der Waals surface area contributed by atoms with Crippen molar-refractivity contribution in [3.8, 4) is 0 Å². The summed E-state index contributed by atoms with van der Waals surface area (Å²) in [6.45, 7) is 2.10. The molecule has 0 fully saturated rings. The Kier molecular flexibility index (Phi) is 5.60. The van der Waals surface area contributed by atoms with Crippen molar-refractivity contribution in [3.63, 3.8) is 0 Å². The Balaban J connectivity index is 2.40. The number of aromatic nitrogens is 2. The molecule has 0 aliphatic carbocycles. The van der Waals surface area contributed by atoms with E-state index < -0.39 is 0 Å². The lowest BCUT2D eigenvalue weighted by Gasteiger charge is -2.30. The topological polar surface area (TPSA) is 17.8 Å². The summed E-state index contributed by atoms with van der Waals surface area (Å²) >= 11 is 7.24. The summed E-state index contributed by atoms with van der Waals surface area (Å²) in [5.74, 6) is -0.196. The molecule has 0 saturated carbocycles. The van der Waals surface area contributed by atoms with Gasteiger partial charge in [-0.2, -0.15) is 5.10 Å². The van der Waals surface area contributed by atoms with Crippen LogP contribution in [0.25, 0.3) is 0 Å². The average molecular weight is 418 g/mol. The molecule has 114 valence electrons. The molecule has 0 saturated heterocycles. The van der Waals surface area contributed by atoms with Crippen LogP contribution in [0.5, 0.6) is 0 Å². The fourth-order valence-electron chi connectivity index (χ4n) is 2.46. The molecular weight excluding hydrogens is 399 g/mol. The number of hydrogen-bond donors (Lipinski definition) is 0. The smallest absolute Gasteiger partial charge is 0.123 e. The minimum absolute atomic E-state index is 0.194. The molecule has 0 unspecified atom stereocenters. The molecule has 0 bridgehead atoms. The largest absolute Gasteiger partial charge is 0.272 e. The molecule has 2 rings (SSSR count). The van der Waals surface area contributed by atoms with E-state index in [1.54, 1.807) is 12.1 Å². The quantitative estimate of drug-likeness (QED) is 0.637. The molecule has 0 aliphatic heterocycles. The maximum atomic E-state index is 13.6. The van der Waals surface area contributed by atoms with Crippen LogP contribution in [-0.2, 0) is 25.3 Å². The summed E-state index contributed by atoms with van der Waals surface area (Å²) < 4.78 is 15.5. The zero-order chi connectivity index (χ0) is 15.5. The zero-order valence-corrected chi connectivity index (χ0v) is 15.4. The van der Waals surface area contributed by atoms with E-state index in [9.17, 15) is 4.39 Å². The second-order valence-corrected chi connectivity index (χ2v) is 6.46. The predicted molar refractivity (Wildman–Crippen MR) is 92.0 cm³/mol. The zero-order valence-electron chi connectivity index (χ0n) is 12.2. The number of aryl methyl sites for hydroxylation is 2. The van der Waals surface area contributed by atoms with Crippen LogP contribution in [0, 0.1) is 5.82 Å². The van der Waals surface area contributed by atoms with Crippen molar-refractivity contribution in [1.82, 2.24) is 9.78 Å². The van der Waals surface area contributed by atoms with Gasteiger partial charge in [-0.25, -0.2) is 4.39 Å². The maximum Gasteiger partial charge on any atom is 0.123 e. The molecular formula is C16H19Br2FN2. The van der Waals surface area contributed by atoms with Crippen LogP contribution in [-0.4, -0.2) is 20.4 Å². The van der Waals surface area contributed by atoms with Crippen LogP contribution in [0.1, 0.15) is 23.9 Å². The molecule has 2 nitrogen and oxygen atoms in total. The molecule has 1 aromatic heterocycles. The fourth-order valence-corrected chi connectivity index (χ4v) is 4.43. The maximum absolute atomic E-state index is 13.6. The number of hydrogen-bond acceptors (Lipinski definition) is 1. The van der Waals surface area contributed by atoms with Crippen LogP contribution >= 0.6 is 31.9 Å². The van der Waals surface area contributed by atoms with Gasteiger partial charge in [0.25, 0.3) is 0 Å². The third-order valence-electron chi connectivity index (χ3n) is 3.86. The molecule has 5 heteroatoms. The average Bonchev–Trinajstić information content (AvgIpc) is 2.85. The van der Waals surface area contributed by atoms with Crippen LogP contribution in [0.4, 0.5) is 4.39 Å². The van der Waals surface area contributed by atoms with Crippen LogP contribution in [0.15, 0.2) is 30.3 Å². The lowest BCUT2D eigenvalue weighted by molar-refractivity contribution is 0.517. The first-order valence-corrected chi connectivity index (χ1v) is 9.18. The van der Waals surface area contributed by atoms with Crippen molar-refractivity contribution in [2.75, 3.05) is 10.7 Å². The van der Waals surface area contributed by atoms with Crippen LogP contribution in [0.3, 0.4) is 0 Å². The third-order valence-corrected chi connectivity index (χ3v) is 6.00. The lowest BCUT2D eigenvalue weighted by Crippen LogP contribution is -2.33. The summed E-state index contributed by atoms with van der Waals surface area (Å²) in [6.07, 6.45) is 1.72. The Labute approximate surface area is 142 Å². The third kappa shape index (κ3) is 3.57. The number of alkyl halides is 2. The molecule has 2 aromatic rings. The normalized spacial score (nSPS) is 11.9. The number of benzene rings is 1. The van der Waals surface area contributed by atoms with Gasteiger partial charge in [-0.15, -0.1) is 0 Å². The second kappa shape index (κ2) is 7.05. The van der Waals surface area contributed by atoms with Gasteiger partial charge in [0.15, 0.2) is 0 Å². The van der Waals surface area contributed by atoms with Gasteiger partial charge < -0.3 is 0 Å². The van der Waals surface area contributed by atoms with Gasteiger partial charge in [0.1, 0.15) is 5.82 Å². The first kappa shape index (κ1) is 16.7. The summed E-state index contributed by atoms with van der Waals surface area (Å²) in [4.78, 5) is 0. The Bertz CT molecular complexity index is 606. The number of nitrogens with zero attached hydrogens (tertiary/aromatic N) is 2. The van der Waals surface area contributed by atoms with E-state index >= 15 is 0 Å². The van der Waals surface area contributed by atoms with Gasteiger partial charge in [-0.05, 0) is 30.2 Å². The minimum Gasteiger partial charge on any atom is -0.272 e. The van der Waals surface area contributed by atoms with Gasteiger partial charge in [0, 0.05) is 35.2 Å². The van der Waals surface area contributed by atoms with E-state index in [0.29, 0.717) is 0 Å². The van der Waals surface area contributed by atoms with Crippen molar-refractivity contribution < 1.29 is 4.39 Å². The molecule has 0 aliphatic rings. The van der Waals surface area contributed by atoms with E-state index in [1.807, 2.05) is 17.8 Å².